The van der Waals surface area contributed by atoms with Crippen LogP contribution in [0.3, 0.4) is 0 Å². The van der Waals surface area contributed by atoms with E-state index < -0.39 is 0 Å². The van der Waals surface area contributed by atoms with Gasteiger partial charge in [0.2, 0.25) is 11.8 Å². The Bertz CT molecular complexity index is 1110. The summed E-state index contributed by atoms with van der Waals surface area (Å²) in [5.41, 5.74) is 1.74. The lowest BCUT2D eigenvalue weighted by atomic mass is 10.1. The zero-order valence-corrected chi connectivity index (χ0v) is 20.3. The topological polar surface area (TPSA) is 111 Å². The van der Waals surface area contributed by atoms with Gasteiger partial charge >= 0.3 is 0 Å². The molecule has 0 saturated heterocycles. The number of methoxy groups -OCH3 is 1. The molecule has 0 aliphatic rings. The molecule has 0 aliphatic carbocycles. The molecular weight excluding hydrogens is 460 g/mol. The highest BCUT2D eigenvalue weighted by molar-refractivity contribution is 7.99. The molecule has 2 N–H and O–H groups in total. The van der Waals surface area contributed by atoms with Crippen molar-refractivity contribution in [2.75, 3.05) is 18.2 Å². The van der Waals surface area contributed by atoms with Gasteiger partial charge in [0.05, 0.1) is 31.0 Å². The van der Waals surface area contributed by atoms with Crippen molar-refractivity contribution >= 4 is 40.0 Å². The fourth-order valence-corrected chi connectivity index (χ4v) is 4.47. The minimum absolute atomic E-state index is 0.131. The third-order valence-electron chi connectivity index (χ3n) is 4.54. The Kier molecular flexibility index (Phi) is 8.61. The minimum Gasteiger partial charge on any atom is -0.497 e. The van der Waals surface area contributed by atoms with Crippen LogP contribution in [0.4, 0.5) is 5.13 Å². The predicted molar refractivity (Wildman–Crippen MR) is 130 cm³/mol. The molecule has 2 aromatic heterocycles. The van der Waals surface area contributed by atoms with Gasteiger partial charge in [-0.1, -0.05) is 30.0 Å². The second kappa shape index (κ2) is 11.6. The summed E-state index contributed by atoms with van der Waals surface area (Å²) < 4.78 is 6.99. The molecule has 33 heavy (non-hydrogen) atoms. The third kappa shape index (κ3) is 6.90. The number of hydrogen-bond acceptors (Lipinski definition) is 8. The first-order valence-corrected chi connectivity index (χ1v) is 12.1. The Hall–Kier alpha value is -3.18. The van der Waals surface area contributed by atoms with E-state index in [9.17, 15) is 9.59 Å². The number of carbonyl (C=O) groups is 2. The number of ether oxygens (including phenoxy) is 1. The summed E-state index contributed by atoms with van der Waals surface area (Å²) >= 11 is 2.65. The van der Waals surface area contributed by atoms with Crippen LogP contribution in [0.15, 0.2) is 47.5 Å². The number of aromatic nitrogens is 4. The molecule has 1 atom stereocenters. The predicted octanol–water partition coefficient (Wildman–Crippen LogP) is 3.39. The first-order chi connectivity index (χ1) is 15.9. The largest absolute Gasteiger partial charge is 0.497 e. The molecular formula is C22H26N6O3S2. The van der Waals surface area contributed by atoms with Gasteiger partial charge in [-0.05, 0) is 31.5 Å². The highest BCUT2D eigenvalue weighted by Crippen LogP contribution is 2.22. The number of carbonyl (C=O) groups excluding carboxylic acids is 2. The number of allylic oxidation sites excluding steroid dienone is 1. The standard InChI is InChI=1S/C22H26N6O3S2/c1-5-10-28-20(15(3)24-18(29)11-16-6-8-17(31-4)9-7-16)26-27-22(28)33-13-19(30)25-21-23-14(2)12-32-21/h5-9,12,15H,1,10-11,13H2,2-4H3,(H,24,29)(H,23,25,30)/t15-/m1/s1. The van der Waals surface area contributed by atoms with Crippen LogP contribution < -0.4 is 15.4 Å². The Morgan fingerprint density at radius 3 is 2.67 bits per heavy atom. The minimum atomic E-state index is -0.371. The maximum Gasteiger partial charge on any atom is 0.236 e. The molecule has 0 aliphatic heterocycles. The summed E-state index contributed by atoms with van der Waals surface area (Å²) in [5, 5.41) is 17.2. The number of nitrogens with one attached hydrogen (secondary N) is 2. The van der Waals surface area contributed by atoms with Crippen molar-refractivity contribution in [3.05, 3.63) is 59.4 Å². The average Bonchev–Trinajstić information content (AvgIpc) is 3.38. The van der Waals surface area contributed by atoms with E-state index >= 15 is 0 Å². The van der Waals surface area contributed by atoms with Gasteiger partial charge in [0.1, 0.15) is 5.75 Å². The SMILES string of the molecule is C=CCn1c(SCC(=O)Nc2nc(C)cs2)nnc1[C@@H](C)NC(=O)Cc1ccc(OC)cc1. The lowest BCUT2D eigenvalue weighted by Crippen LogP contribution is -2.30. The molecule has 3 rings (SSSR count). The molecule has 3 aromatic rings. The lowest BCUT2D eigenvalue weighted by Gasteiger charge is -2.15. The van der Waals surface area contributed by atoms with Crippen LogP contribution in [0.1, 0.15) is 30.0 Å². The number of thiazole rings is 1. The summed E-state index contributed by atoms with van der Waals surface area (Å²) in [6.45, 7) is 7.97. The van der Waals surface area contributed by atoms with Gasteiger partial charge in [-0.25, -0.2) is 4.98 Å². The smallest absolute Gasteiger partial charge is 0.236 e. The van der Waals surface area contributed by atoms with Crippen molar-refractivity contribution in [1.29, 1.82) is 0 Å². The molecule has 1 aromatic carbocycles. The van der Waals surface area contributed by atoms with Gasteiger partial charge in [-0.2, -0.15) is 0 Å². The first-order valence-electron chi connectivity index (χ1n) is 10.2. The van der Waals surface area contributed by atoms with E-state index in [1.165, 1.54) is 23.1 Å². The summed E-state index contributed by atoms with van der Waals surface area (Å²) in [7, 11) is 1.60. The zero-order valence-electron chi connectivity index (χ0n) is 18.7. The van der Waals surface area contributed by atoms with Gasteiger partial charge in [-0.15, -0.1) is 28.1 Å². The van der Waals surface area contributed by atoms with Gasteiger partial charge < -0.3 is 19.9 Å². The Morgan fingerprint density at radius 2 is 2.03 bits per heavy atom. The molecule has 0 saturated carbocycles. The van der Waals surface area contributed by atoms with Crippen molar-refractivity contribution in [2.45, 2.75) is 38.0 Å². The van der Waals surface area contributed by atoms with Crippen LogP contribution in [-0.4, -0.2) is 44.4 Å². The molecule has 174 valence electrons. The molecule has 2 amide bonds. The van der Waals surface area contributed by atoms with Gasteiger partial charge in [0, 0.05) is 11.9 Å². The van der Waals surface area contributed by atoms with E-state index in [1.54, 1.807) is 13.2 Å². The van der Waals surface area contributed by atoms with Crippen molar-refractivity contribution in [3.8, 4) is 5.75 Å². The van der Waals surface area contributed by atoms with Crippen LogP contribution >= 0.6 is 23.1 Å². The van der Waals surface area contributed by atoms with Crippen molar-refractivity contribution in [1.82, 2.24) is 25.1 Å². The Labute approximate surface area is 200 Å². The Balaban J connectivity index is 1.60. The molecule has 0 radical (unpaired) electrons. The van der Waals surface area contributed by atoms with E-state index in [2.05, 4.69) is 32.4 Å². The van der Waals surface area contributed by atoms with Crippen LogP contribution in [0.5, 0.6) is 5.75 Å². The fraction of sp³-hybridized carbons (Fsp3) is 0.318. The number of hydrogen-bond donors (Lipinski definition) is 2. The summed E-state index contributed by atoms with van der Waals surface area (Å²) in [6.07, 6.45) is 1.96. The highest BCUT2D eigenvalue weighted by atomic mass is 32.2. The maximum absolute atomic E-state index is 12.5. The molecule has 2 heterocycles. The number of benzene rings is 1. The van der Waals surface area contributed by atoms with Crippen LogP contribution in [0.25, 0.3) is 0 Å². The summed E-state index contributed by atoms with van der Waals surface area (Å²) in [5.74, 6) is 1.19. The molecule has 0 unspecified atom stereocenters. The number of anilines is 1. The second-order valence-electron chi connectivity index (χ2n) is 7.18. The summed E-state index contributed by atoms with van der Waals surface area (Å²) in [4.78, 5) is 29.0. The third-order valence-corrected chi connectivity index (χ3v) is 6.39. The molecule has 0 fully saturated rings. The van der Waals surface area contributed by atoms with Crippen LogP contribution in [0, 0.1) is 6.92 Å². The van der Waals surface area contributed by atoms with Gasteiger partial charge in [0.15, 0.2) is 16.1 Å². The second-order valence-corrected chi connectivity index (χ2v) is 8.99. The highest BCUT2D eigenvalue weighted by Gasteiger charge is 2.20. The quantitative estimate of drug-likeness (QED) is 0.316. The zero-order chi connectivity index (χ0) is 23.8. The average molecular weight is 487 g/mol. The normalized spacial score (nSPS) is 11.6. The monoisotopic (exact) mass is 486 g/mol. The van der Waals surface area contributed by atoms with E-state index in [4.69, 9.17) is 4.74 Å². The maximum atomic E-state index is 12.5. The van der Waals surface area contributed by atoms with E-state index in [1.807, 2.05) is 48.1 Å². The number of rotatable bonds is 11. The molecule has 11 heteroatoms. The van der Waals surface area contributed by atoms with Crippen molar-refractivity contribution < 1.29 is 14.3 Å². The van der Waals surface area contributed by atoms with E-state index in [0.717, 1.165) is 17.0 Å². The molecule has 9 nitrogen and oxygen atoms in total. The number of thioether (sulfide) groups is 1. The van der Waals surface area contributed by atoms with E-state index in [0.29, 0.717) is 22.7 Å². The first kappa shape index (κ1) is 24.5. The number of amides is 2. The van der Waals surface area contributed by atoms with Crippen LogP contribution in [-0.2, 0) is 22.6 Å². The number of aryl methyl sites for hydroxylation is 1. The van der Waals surface area contributed by atoms with Crippen LogP contribution in [0.2, 0.25) is 0 Å². The Morgan fingerprint density at radius 1 is 1.27 bits per heavy atom. The van der Waals surface area contributed by atoms with Gasteiger partial charge in [0.25, 0.3) is 0 Å². The van der Waals surface area contributed by atoms with Crippen molar-refractivity contribution in [3.63, 3.8) is 0 Å². The summed E-state index contributed by atoms with van der Waals surface area (Å²) in [6, 6.07) is 6.99. The molecule has 0 spiro atoms. The lowest BCUT2D eigenvalue weighted by molar-refractivity contribution is -0.121. The van der Waals surface area contributed by atoms with Crippen molar-refractivity contribution in [2.24, 2.45) is 0 Å². The van der Waals surface area contributed by atoms with E-state index in [-0.39, 0.29) is 30.0 Å². The van der Waals surface area contributed by atoms with Gasteiger partial charge in [-0.3, -0.25) is 9.59 Å². The molecule has 0 bridgehead atoms. The fourth-order valence-electron chi connectivity index (χ4n) is 3.01. The number of nitrogens with zero attached hydrogens (tertiary/aromatic N) is 4.